The molecule has 0 aliphatic carbocycles. The normalized spacial score (nSPS) is 10.3. The highest BCUT2D eigenvalue weighted by molar-refractivity contribution is 5.92. The molecule has 0 saturated carbocycles. The number of carbonyl (C=O) groups is 1. The third-order valence-corrected chi connectivity index (χ3v) is 3.79. The third-order valence-electron chi connectivity index (χ3n) is 3.79. The van der Waals surface area contributed by atoms with E-state index >= 15 is 0 Å². The van der Waals surface area contributed by atoms with Crippen LogP contribution in [-0.2, 0) is 11.3 Å². The molecule has 0 bridgehead atoms. The van der Waals surface area contributed by atoms with E-state index in [0.717, 1.165) is 4.68 Å². The van der Waals surface area contributed by atoms with Gasteiger partial charge in [-0.1, -0.05) is 0 Å². The summed E-state index contributed by atoms with van der Waals surface area (Å²) in [6, 6.07) is 10.2. The van der Waals surface area contributed by atoms with Gasteiger partial charge in [-0.15, -0.1) is 0 Å². The number of nitro groups is 1. The fourth-order valence-corrected chi connectivity index (χ4v) is 2.45. The average Bonchev–Trinajstić information content (AvgIpc) is 2.70. The Bertz CT molecular complexity index is 1080. The Balaban J connectivity index is 1.80. The summed E-state index contributed by atoms with van der Waals surface area (Å²) in [5.41, 5.74) is 0.826. The number of nitrogens with one attached hydrogen (secondary N) is 1. The first-order valence-electron chi connectivity index (χ1n) is 8.09. The van der Waals surface area contributed by atoms with Crippen molar-refractivity contribution in [3.05, 3.63) is 75.3 Å². The Morgan fingerprint density at radius 1 is 1.29 bits per heavy atom. The molecule has 0 saturated heterocycles. The molecule has 2 aromatic heterocycles. The molecule has 0 spiro atoms. The smallest absolute Gasteiger partial charge is 0.273 e. The van der Waals surface area contributed by atoms with E-state index in [2.05, 4.69) is 15.4 Å². The maximum atomic E-state index is 12.4. The fourth-order valence-electron chi connectivity index (χ4n) is 2.45. The first-order chi connectivity index (χ1) is 13.5. The zero-order chi connectivity index (χ0) is 20.1. The number of rotatable bonds is 6. The van der Waals surface area contributed by atoms with E-state index in [1.54, 1.807) is 30.6 Å². The number of methoxy groups -OCH3 is 1. The Labute approximate surface area is 158 Å². The SMILES string of the molecule is COc1cc([N+](=O)[O-])ccc1NC(=O)Cn1nc(-c2cccnc2)ccc1=O. The largest absolute Gasteiger partial charge is 0.494 e. The molecule has 0 radical (unpaired) electrons. The Morgan fingerprint density at radius 3 is 2.79 bits per heavy atom. The summed E-state index contributed by atoms with van der Waals surface area (Å²) < 4.78 is 6.10. The Hall–Kier alpha value is -4.08. The van der Waals surface area contributed by atoms with Gasteiger partial charge in [0.25, 0.3) is 11.2 Å². The quantitative estimate of drug-likeness (QED) is 0.509. The second-order valence-corrected chi connectivity index (χ2v) is 5.65. The highest BCUT2D eigenvalue weighted by atomic mass is 16.6. The van der Waals surface area contributed by atoms with Crippen LogP contribution in [0, 0.1) is 10.1 Å². The highest BCUT2D eigenvalue weighted by Crippen LogP contribution is 2.28. The maximum Gasteiger partial charge on any atom is 0.273 e. The number of anilines is 1. The lowest BCUT2D eigenvalue weighted by atomic mass is 10.2. The predicted molar refractivity (Wildman–Crippen MR) is 100 cm³/mol. The van der Waals surface area contributed by atoms with E-state index in [-0.39, 0.29) is 23.7 Å². The maximum absolute atomic E-state index is 12.4. The van der Waals surface area contributed by atoms with Gasteiger partial charge in [-0.25, -0.2) is 4.68 Å². The molecule has 1 amide bonds. The van der Waals surface area contributed by atoms with Crippen LogP contribution in [0.5, 0.6) is 5.75 Å². The van der Waals surface area contributed by atoms with Gasteiger partial charge in [0.15, 0.2) is 0 Å². The summed E-state index contributed by atoms with van der Waals surface area (Å²) in [6.07, 6.45) is 3.21. The van der Waals surface area contributed by atoms with Crippen LogP contribution in [0.3, 0.4) is 0 Å². The second-order valence-electron chi connectivity index (χ2n) is 5.65. The van der Waals surface area contributed by atoms with Crippen molar-refractivity contribution < 1.29 is 14.5 Å². The van der Waals surface area contributed by atoms with E-state index < -0.39 is 16.4 Å². The summed E-state index contributed by atoms with van der Waals surface area (Å²) in [4.78, 5) is 38.7. The van der Waals surface area contributed by atoms with Crippen LogP contribution >= 0.6 is 0 Å². The third kappa shape index (κ3) is 4.18. The van der Waals surface area contributed by atoms with Gasteiger partial charge in [0.1, 0.15) is 12.3 Å². The van der Waals surface area contributed by atoms with Gasteiger partial charge < -0.3 is 10.1 Å². The minimum Gasteiger partial charge on any atom is -0.494 e. The van der Waals surface area contributed by atoms with Crippen molar-refractivity contribution in [3.63, 3.8) is 0 Å². The molecule has 3 rings (SSSR count). The van der Waals surface area contributed by atoms with Crippen molar-refractivity contribution in [1.29, 1.82) is 0 Å². The van der Waals surface area contributed by atoms with Gasteiger partial charge in [-0.2, -0.15) is 5.10 Å². The fraction of sp³-hybridized carbons (Fsp3) is 0.111. The van der Waals surface area contributed by atoms with E-state index in [1.165, 1.54) is 31.4 Å². The molecular formula is C18H15N5O5. The molecule has 0 fully saturated rings. The Morgan fingerprint density at radius 2 is 2.11 bits per heavy atom. The first-order valence-corrected chi connectivity index (χ1v) is 8.09. The standard InChI is InChI=1S/C18H15N5O5/c1-28-16-9-13(23(26)27)4-5-15(16)20-17(24)11-22-18(25)7-6-14(21-22)12-3-2-8-19-10-12/h2-10H,11H2,1H3,(H,20,24). The molecule has 0 atom stereocenters. The number of non-ortho nitro benzene ring substituents is 1. The molecule has 10 heteroatoms. The van der Waals surface area contributed by atoms with Crippen LogP contribution in [0.2, 0.25) is 0 Å². The first kappa shape index (κ1) is 18.7. The zero-order valence-electron chi connectivity index (χ0n) is 14.7. The van der Waals surface area contributed by atoms with Crippen LogP contribution in [0.1, 0.15) is 0 Å². The molecule has 142 valence electrons. The van der Waals surface area contributed by atoms with Gasteiger partial charge >= 0.3 is 0 Å². The number of ether oxygens (including phenoxy) is 1. The molecule has 10 nitrogen and oxygen atoms in total. The molecular weight excluding hydrogens is 366 g/mol. The lowest BCUT2D eigenvalue weighted by molar-refractivity contribution is -0.384. The summed E-state index contributed by atoms with van der Waals surface area (Å²) in [5.74, 6) is -0.406. The van der Waals surface area contributed by atoms with Gasteiger partial charge in [0.05, 0.1) is 29.5 Å². The van der Waals surface area contributed by atoms with Gasteiger partial charge in [0.2, 0.25) is 5.91 Å². The van der Waals surface area contributed by atoms with E-state index in [4.69, 9.17) is 4.74 Å². The monoisotopic (exact) mass is 381 g/mol. The summed E-state index contributed by atoms with van der Waals surface area (Å²) in [7, 11) is 1.33. The number of amides is 1. The van der Waals surface area contributed by atoms with Crippen molar-refractivity contribution in [3.8, 4) is 17.0 Å². The molecule has 0 aliphatic heterocycles. The Kier molecular flexibility index (Phi) is 5.40. The number of benzene rings is 1. The highest BCUT2D eigenvalue weighted by Gasteiger charge is 2.14. The number of pyridine rings is 1. The molecule has 3 aromatic rings. The molecule has 1 aromatic carbocycles. The minimum atomic E-state index is -0.568. The molecule has 2 heterocycles. The van der Waals surface area contributed by atoms with E-state index in [9.17, 15) is 19.7 Å². The number of hydrogen-bond acceptors (Lipinski definition) is 7. The van der Waals surface area contributed by atoms with Crippen molar-refractivity contribution in [2.75, 3.05) is 12.4 Å². The number of nitro benzene ring substituents is 1. The van der Waals surface area contributed by atoms with Crippen molar-refractivity contribution in [2.45, 2.75) is 6.54 Å². The van der Waals surface area contributed by atoms with Gasteiger partial charge in [-0.3, -0.25) is 24.7 Å². The lowest BCUT2D eigenvalue weighted by Gasteiger charge is -2.11. The van der Waals surface area contributed by atoms with E-state index in [1.807, 2.05) is 0 Å². The number of carbonyl (C=O) groups excluding carboxylic acids is 1. The molecule has 1 N–H and O–H groups in total. The van der Waals surface area contributed by atoms with Crippen LogP contribution in [0.15, 0.2) is 59.7 Å². The number of aromatic nitrogens is 3. The molecule has 0 unspecified atom stereocenters. The summed E-state index contributed by atoms with van der Waals surface area (Å²) in [5, 5.41) is 17.6. The topological polar surface area (TPSA) is 129 Å². The summed E-state index contributed by atoms with van der Waals surface area (Å²) in [6.45, 7) is -0.340. The van der Waals surface area contributed by atoms with Gasteiger partial charge in [0, 0.05) is 30.1 Å². The average molecular weight is 381 g/mol. The summed E-state index contributed by atoms with van der Waals surface area (Å²) >= 11 is 0. The van der Waals surface area contributed by atoms with Crippen molar-refractivity contribution in [1.82, 2.24) is 14.8 Å². The van der Waals surface area contributed by atoms with Crippen LogP contribution in [0.4, 0.5) is 11.4 Å². The van der Waals surface area contributed by atoms with Gasteiger partial charge in [-0.05, 0) is 24.3 Å². The number of hydrogen-bond donors (Lipinski definition) is 1. The van der Waals surface area contributed by atoms with Crippen LogP contribution in [-0.4, -0.2) is 32.7 Å². The number of nitrogens with zero attached hydrogens (tertiary/aromatic N) is 4. The lowest BCUT2D eigenvalue weighted by Crippen LogP contribution is -2.29. The van der Waals surface area contributed by atoms with E-state index in [0.29, 0.717) is 11.3 Å². The predicted octanol–water partition coefficient (Wildman–Crippen LogP) is 1.86. The molecule has 0 aliphatic rings. The molecule has 28 heavy (non-hydrogen) atoms. The zero-order valence-corrected chi connectivity index (χ0v) is 14.7. The van der Waals surface area contributed by atoms with Crippen molar-refractivity contribution in [2.24, 2.45) is 0 Å². The minimum absolute atomic E-state index is 0.131. The van der Waals surface area contributed by atoms with Crippen LogP contribution in [0.25, 0.3) is 11.3 Å². The van der Waals surface area contributed by atoms with Crippen LogP contribution < -0.4 is 15.6 Å². The second kappa shape index (κ2) is 8.08. The van der Waals surface area contributed by atoms with Crippen molar-refractivity contribution >= 4 is 17.3 Å².